The number of rotatable bonds is 9. The Morgan fingerprint density at radius 1 is 1.00 bits per heavy atom. The molecule has 0 fully saturated rings. The lowest BCUT2D eigenvalue weighted by atomic mass is 10.2. The average Bonchev–Trinajstić information content (AvgIpc) is 2.33. The summed E-state index contributed by atoms with van der Waals surface area (Å²) in [5.41, 5.74) is 0. The molecule has 0 radical (unpaired) electrons. The van der Waals surface area contributed by atoms with Crippen LogP contribution in [0.3, 0.4) is 0 Å². The molecule has 0 bridgehead atoms. The van der Waals surface area contributed by atoms with Gasteiger partial charge in [0.1, 0.15) is 6.54 Å². The van der Waals surface area contributed by atoms with Crippen LogP contribution in [0.15, 0.2) is 0 Å². The molecule has 2 unspecified atom stereocenters. The van der Waals surface area contributed by atoms with Gasteiger partial charge in [0.05, 0.1) is 27.1 Å². The highest BCUT2D eigenvalue weighted by atomic mass is 16.8. The summed E-state index contributed by atoms with van der Waals surface area (Å²) in [5, 5.41) is 8.76. The van der Waals surface area contributed by atoms with Crippen molar-refractivity contribution in [1.82, 2.24) is 0 Å². The first-order valence-electron chi connectivity index (χ1n) is 7.50. The van der Waals surface area contributed by atoms with E-state index in [0.29, 0.717) is 11.0 Å². The molecular weight excluding hydrogens is 306 g/mol. The molecule has 0 aromatic carbocycles. The predicted octanol–water partition coefficient (Wildman–Crippen LogP) is 1.62. The van der Waals surface area contributed by atoms with Crippen LogP contribution in [0.4, 0.5) is 4.79 Å². The van der Waals surface area contributed by atoms with Crippen LogP contribution in [0.5, 0.6) is 0 Å². The van der Waals surface area contributed by atoms with Crippen LogP contribution in [-0.2, 0) is 23.8 Å². The fraction of sp³-hybridized carbons (Fsp3) is 0.800. The van der Waals surface area contributed by atoms with Gasteiger partial charge < -0.3 is 23.8 Å². The zero-order chi connectivity index (χ0) is 18.2. The van der Waals surface area contributed by atoms with Crippen molar-refractivity contribution < 1.29 is 38.2 Å². The van der Waals surface area contributed by atoms with E-state index >= 15 is 0 Å². The molecule has 134 valence electrons. The third-order valence-electron chi connectivity index (χ3n) is 2.71. The first-order chi connectivity index (χ1) is 10.4. The SMILES string of the molecule is CC(OC(=O)OC(CCC(=O)O)C[N+](C)(C)C)OC(=O)C(C)C. The highest BCUT2D eigenvalue weighted by molar-refractivity contribution is 5.71. The van der Waals surface area contributed by atoms with Gasteiger partial charge in [-0.2, -0.15) is 0 Å². The number of carboxylic acids is 1. The molecule has 0 heterocycles. The average molecular weight is 334 g/mol. The summed E-state index contributed by atoms with van der Waals surface area (Å²) >= 11 is 0. The van der Waals surface area contributed by atoms with Gasteiger partial charge in [0, 0.05) is 19.8 Å². The number of carbonyl (C=O) groups excluding carboxylic acids is 2. The Bertz CT molecular complexity index is 415. The van der Waals surface area contributed by atoms with Crippen LogP contribution in [-0.4, -0.2) is 67.8 Å². The molecule has 8 heteroatoms. The van der Waals surface area contributed by atoms with Crippen LogP contribution in [0.1, 0.15) is 33.6 Å². The number of carbonyl (C=O) groups is 3. The third-order valence-corrected chi connectivity index (χ3v) is 2.71. The molecule has 0 saturated heterocycles. The smallest absolute Gasteiger partial charge is 0.481 e. The second-order valence-corrected chi connectivity index (χ2v) is 6.67. The van der Waals surface area contributed by atoms with E-state index in [0.717, 1.165) is 0 Å². The number of carboxylic acid groups (broad SMARTS) is 1. The number of hydrogen-bond donors (Lipinski definition) is 1. The Balaban J connectivity index is 4.51. The summed E-state index contributed by atoms with van der Waals surface area (Å²) in [6.07, 6.45) is -2.60. The van der Waals surface area contributed by atoms with Crippen LogP contribution >= 0.6 is 0 Å². The predicted molar refractivity (Wildman–Crippen MR) is 81.5 cm³/mol. The molecule has 0 aromatic rings. The number of likely N-dealkylation sites (N-methyl/N-ethyl adjacent to an activating group) is 1. The largest absolute Gasteiger partial charge is 0.511 e. The maximum absolute atomic E-state index is 11.8. The lowest BCUT2D eigenvalue weighted by Crippen LogP contribution is -2.43. The van der Waals surface area contributed by atoms with Crippen molar-refractivity contribution in [1.29, 1.82) is 0 Å². The van der Waals surface area contributed by atoms with Gasteiger partial charge in [-0.3, -0.25) is 9.59 Å². The number of ether oxygens (including phenoxy) is 3. The van der Waals surface area contributed by atoms with Gasteiger partial charge in [0.15, 0.2) is 6.10 Å². The van der Waals surface area contributed by atoms with E-state index in [1.807, 2.05) is 21.1 Å². The molecule has 0 aliphatic carbocycles. The molecule has 1 N–H and O–H groups in total. The van der Waals surface area contributed by atoms with Crippen molar-refractivity contribution in [2.24, 2.45) is 5.92 Å². The van der Waals surface area contributed by atoms with Gasteiger partial charge >= 0.3 is 18.1 Å². The second-order valence-electron chi connectivity index (χ2n) is 6.67. The molecule has 8 nitrogen and oxygen atoms in total. The summed E-state index contributed by atoms with van der Waals surface area (Å²) in [4.78, 5) is 33.8. The quantitative estimate of drug-likeness (QED) is 0.388. The number of nitrogens with zero attached hydrogens (tertiary/aromatic N) is 1. The lowest BCUT2D eigenvalue weighted by molar-refractivity contribution is -0.873. The van der Waals surface area contributed by atoms with Crippen molar-refractivity contribution in [2.45, 2.75) is 46.0 Å². The van der Waals surface area contributed by atoms with Crippen LogP contribution < -0.4 is 0 Å². The minimum Gasteiger partial charge on any atom is -0.481 e. The number of aliphatic carboxylic acids is 1. The van der Waals surface area contributed by atoms with Crippen molar-refractivity contribution in [3.8, 4) is 0 Å². The Labute approximate surface area is 136 Å². The zero-order valence-corrected chi connectivity index (χ0v) is 14.7. The van der Waals surface area contributed by atoms with E-state index < -0.39 is 30.5 Å². The van der Waals surface area contributed by atoms with Crippen molar-refractivity contribution >= 4 is 18.1 Å². The molecular formula is C15H28NO7+. The number of hydrogen-bond acceptors (Lipinski definition) is 6. The lowest BCUT2D eigenvalue weighted by Gasteiger charge is -2.28. The summed E-state index contributed by atoms with van der Waals surface area (Å²) in [6.45, 7) is 5.17. The highest BCUT2D eigenvalue weighted by Gasteiger charge is 2.25. The third kappa shape index (κ3) is 11.4. The monoisotopic (exact) mass is 334 g/mol. The molecule has 23 heavy (non-hydrogen) atoms. The molecule has 0 spiro atoms. The van der Waals surface area contributed by atoms with Gasteiger partial charge in [-0.25, -0.2) is 4.79 Å². The van der Waals surface area contributed by atoms with E-state index in [2.05, 4.69) is 0 Å². The zero-order valence-electron chi connectivity index (χ0n) is 14.7. The summed E-state index contributed by atoms with van der Waals surface area (Å²) < 4.78 is 15.4. The van der Waals surface area contributed by atoms with Gasteiger partial charge in [0.2, 0.25) is 6.29 Å². The molecule has 0 aliphatic rings. The molecule has 2 atom stereocenters. The van der Waals surface area contributed by atoms with Gasteiger partial charge in [-0.05, 0) is 0 Å². The summed E-state index contributed by atoms with van der Waals surface area (Å²) in [6, 6.07) is 0. The minimum absolute atomic E-state index is 0.115. The van der Waals surface area contributed by atoms with E-state index in [-0.39, 0.29) is 18.8 Å². The van der Waals surface area contributed by atoms with Crippen molar-refractivity contribution in [3.63, 3.8) is 0 Å². The fourth-order valence-electron chi connectivity index (χ4n) is 1.71. The Morgan fingerprint density at radius 3 is 2.00 bits per heavy atom. The standard InChI is InChI=1S/C15H27NO7/c1-10(2)14(19)21-11(3)22-15(20)23-12(7-8-13(17)18)9-16(4,5)6/h10-12H,7-9H2,1-6H3/p+1. The normalized spacial score (nSPS) is 14.0. The second kappa shape index (κ2) is 9.34. The van der Waals surface area contributed by atoms with Crippen molar-refractivity contribution in [3.05, 3.63) is 0 Å². The summed E-state index contributed by atoms with van der Waals surface area (Å²) in [5.74, 6) is -1.79. The Kier molecular flexibility index (Phi) is 8.60. The first kappa shape index (κ1) is 21.2. The Hall–Kier alpha value is -1.83. The number of esters is 1. The van der Waals surface area contributed by atoms with E-state index in [9.17, 15) is 14.4 Å². The van der Waals surface area contributed by atoms with Crippen molar-refractivity contribution in [2.75, 3.05) is 27.7 Å². The maximum Gasteiger partial charge on any atom is 0.511 e. The molecule has 0 rings (SSSR count). The summed E-state index contributed by atoms with van der Waals surface area (Å²) in [7, 11) is 5.69. The van der Waals surface area contributed by atoms with E-state index in [1.165, 1.54) is 6.92 Å². The Morgan fingerprint density at radius 2 is 1.57 bits per heavy atom. The molecule has 0 aliphatic heterocycles. The minimum atomic E-state index is -1.07. The van der Waals surface area contributed by atoms with Crippen LogP contribution in [0.2, 0.25) is 0 Å². The highest BCUT2D eigenvalue weighted by Crippen LogP contribution is 2.10. The number of quaternary nitrogens is 1. The maximum atomic E-state index is 11.8. The fourth-order valence-corrected chi connectivity index (χ4v) is 1.71. The molecule has 0 amide bonds. The van der Waals surface area contributed by atoms with Crippen LogP contribution in [0, 0.1) is 5.92 Å². The van der Waals surface area contributed by atoms with E-state index in [1.54, 1.807) is 13.8 Å². The van der Waals surface area contributed by atoms with Gasteiger partial charge in [-0.15, -0.1) is 0 Å². The van der Waals surface area contributed by atoms with Gasteiger partial charge in [-0.1, -0.05) is 13.8 Å². The molecule has 0 saturated carbocycles. The van der Waals surface area contributed by atoms with Gasteiger partial charge in [0.25, 0.3) is 0 Å². The first-order valence-corrected chi connectivity index (χ1v) is 7.50. The molecule has 0 aromatic heterocycles. The van der Waals surface area contributed by atoms with E-state index in [4.69, 9.17) is 19.3 Å². The van der Waals surface area contributed by atoms with Crippen LogP contribution in [0.25, 0.3) is 0 Å². The topological polar surface area (TPSA) is 99.1 Å².